The molecule has 0 aromatic rings. The predicted octanol–water partition coefficient (Wildman–Crippen LogP) is 1.09. The lowest BCUT2D eigenvalue weighted by atomic mass is 10.7. The molecule has 0 radical (unpaired) electrons. The summed E-state index contributed by atoms with van der Waals surface area (Å²) in [5.41, 5.74) is 0. The van der Waals surface area contributed by atoms with Crippen LogP contribution in [0, 0.1) is 11.3 Å². The van der Waals surface area contributed by atoms with Crippen molar-refractivity contribution in [3.05, 3.63) is 12.7 Å². The molecule has 0 atom stereocenters. The molecule has 0 N–H and O–H groups in total. The first kappa shape index (κ1) is 4.23. The number of nitriles is 1. The van der Waals surface area contributed by atoms with Crippen molar-refractivity contribution >= 4 is 0 Å². The van der Waals surface area contributed by atoms with E-state index in [1.807, 2.05) is 6.07 Å². The topological polar surface area (TPSA) is 23.8 Å². The van der Waals surface area contributed by atoms with Gasteiger partial charge in [-0.3, -0.25) is 0 Å². The van der Waals surface area contributed by atoms with Gasteiger partial charge in [0.1, 0.15) is 0 Å². The van der Waals surface area contributed by atoms with E-state index in [9.17, 15) is 0 Å². The summed E-state index contributed by atoms with van der Waals surface area (Å²) in [7, 11) is 0. The summed E-state index contributed by atoms with van der Waals surface area (Å²) in [5, 5.41) is 7.74. The fraction of sp³-hybridized carbons (Fsp3) is 0.250. The van der Waals surface area contributed by atoms with E-state index in [1.54, 1.807) is 6.08 Å². The first-order valence-corrected chi connectivity index (χ1v) is 1.39. The molecule has 1 nitrogen and oxygen atoms in total. The van der Waals surface area contributed by atoms with Crippen LogP contribution in [-0.2, 0) is 0 Å². The summed E-state index contributed by atoms with van der Waals surface area (Å²) in [4.78, 5) is 0. The number of hydrogen-bond acceptors (Lipinski definition) is 1. The Bertz CT molecular complexity index is 58.5. The SMILES string of the molecule is C=CC[14C]#N. The van der Waals surface area contributed by atoms with Gasteiger partial charge in [0.15, 0.2) is 0 Å². The van der Waals surface area contributed by atoms with E-state index in [2.05, 4.69) is 6.58 Å². The van der Waals surface area contributed by atoms with Crippen LogP contribution in [-0.4, -0.2) is 0 Å². The van der Waals surface area contributed by atoms with Gasteiger partial charge in [0.25, 0.3) is 0 Å². The number of hydrogen-bond donors (Lipinski definition) is 0. The molecule has 0 saturated carbocycles. The maximum atomic E-state index is 7.74. The molecule has 0 saturated heterocycles. The van der Waals surface area contributed by atoms with E-state index in [1.165, 1.54) is 0 Å². The third-order valence-corrected chi connectivity index (χ3v) is 0.236. The average Bonchev–Trinajstić information content (AvgIpc) is 1.41. The lowest BCUT2D eigenvalue weighted by Gasteiger charge is -1.55. The van der Waals surface area contributed by atoms with Crippen molar-refractivity contribution in [2.24, 2.45) is 0 Å². The van der Waals surface area contributed by atoms with Crippen LogP contribution in [0.25, 0.3) is 0 Å². The summed E-state index contributed by atoms with van der Waals surface area (Å²) in [6, 6.07) is 1.90. The fourth-order valence-corrected chi connectivity index (χ4v) is 0.0645. The van der Waals surface area contributed by atoms with Crippen molar-refractivity contribution < 1.29 is 0 Å². The molecule has 0 unspecified atom stereocenters. The minimum absolute atomic E-state index is 0.458. The highest BCUT2D eigenvalue weighted by molar-refractivity contribution is 4.82. The first-order chi connectivity index (χ1) is 2.41. The molecule has 0 aromatic carbocycles. The lowest BCUT2D eigenvalue weighted by molar-refractivity contribution is 1.36. The second kappa shape index (κ2) is 3.23. The van der Waals surface area contributed by atoms with Crippen LogP contribution in [0.3, 0.4) is 0 Å². The zero-order valence-electron chi connectivity index (χ0n) is 2.94. The van der Waals surface area contributed by atoms with Gasteiger partial charge in [-0.1, -0.05) is 6.08 Å². The Labute approximate surface area is 31.5 Å². The Hall–Kier alpha value is -0.770. The molecule has 0 amide bonds. The van der Waals surface area contributed by atoms with E-state index < -0.39 is 0 Å². The second-order valence-electron chi connectivity index (χ2n) is 0.651. The molecular weight excluding hydrogens is 64.0 g/mol. The highest BCUT2D eigenvalue weighted by Crippen LogP contribution is 1.67. The molecule has 1 heteroatoms. The molecule has 0 aromatic heterocycles. The summed E-state index contributed by atoms with van der Waals surface area (Å²) in [5.74, 6) is 0. The van der Waals surface area contributed by atoms with Gasteiger partial charge in [-0.25, -0.2) is 0 Å². The van der Waals surface area contributed by atoms with Gasteiger partial charge in [0.2, 0.25) is 0 Å². The van der Waals surface area contributed by atoms with E-state index in [-0.39, 0.29) is 0 Å². The highest BCUT2D eigenvalue weighted by Gasteiger charge is 1.56. The van der Waals surface area contributed by atoms with E-state index in [0.29, 0.717) is 6.42 Å². The third-order valence-electron chi connectivity index (χ3n) is 0.236. The summed E-state index contributed by atoms with van der Waals surface area (Å²) in [6.45, 7) is 3.33. The molecule has 0 rings (SSSR count). The molecule has 0 aliphatic rings. The average molecular weight is 69.1 g/mol. The first-order valence-electron chi connectivity index (χ1n) is 1.39. The normalized spacial score (nSPS) is 5.40. The van der Waals surface area contributed by atoms with Gasteiger partial charge < -0.3 is 0 Å². The van der Waals surface area contributed by atoms with E-state index >= 15 is 0 Å². The Morgan fingerprint density at radius 1 is 2.00 bits per heavy atom. The Morgan fingerprint density at radius 2 is 2.60 bits per heavy atom. The minimum Gasteiger partial charge on any atom is -0.198 e. The highest BCUT2D eigenvalue weighted by atomic mass is 14.8. The number of allylic oxidation sites excluding steroid dienone is 1. The second-order valence-corrected chi connectivity index (χ2v) is 0.651. The van der Waals surface area contributed by atoms with E-state index in [4.69, 9.17) is 5.26 Å². The van der Waals surface area contributed by atoms with Crippen molar-refractivity contribution in [3.8, 4) is 6.07 Å². The van der Waals surface area contributed by atoms with Crippen LogP contribution in [0.1, 0.15) is 6.42 Å². The van der Waals surface area contributed by atoms with Crippen molar-refractivity contribution in [1.82, 2.24) is 0 Å². The van der Waals surface area contributed by atoms with Gasteiger partial charge in [0, 0.05) is 0 Å². The summed E-state index contributed by atoms with van der Waals surface area (Å²) < 4.78 is 0. The van der Waals surface area contributed by atoms with Crippen molar-refractivity contribution in [1.29, 1.82) is 5.26 Å². The van der Waals surface area contributed by atoms with Gasteiger partial charge in [-0.05, 0) is 0 Å². The quantitative estimate of drug-likeness (QED) is 0.423. The predicted molar refractivity (Wildman–Crippen MR) is 20.4 cm³/mol. The van der Waals surface area contributed by atoms with Crippen LogP contribution < -0.4 is 0 Å². The molecule has 5 heavy (non-hydrogen) atoms. The number of nitrogens with zero attached hydrogens (tertiary/aromatic N) is 1. The van der Waals surface area contributed by atoms with Crippen LogP contribution in [0.4, 0.5) is 0 Å². The van der Waals surface area contributed by atoms with E-state index in [0.717, 1.165) is 0 Å². The van der Waals surface area contributed by atoms with Crippen LogP contribution in [0.2, 0.25) is 0 Å². The maximum Gasteiger partial charge on any atom is 0.0663 e. The largest absolute Gasteiger partial charge is 0.198 e. The summed E-state index contributed by atoms with van der Waals surface area (Å²) >= 11 is 0. The minimum atomic E-state index is 0.458. The molecule has 0 spiro atoms. The zero-order valence-corrected chi connectivity index (χ0v) is 2.94. The molecule has 0 heterocycles. The Kier molecular flexibility index (Phi) is 2.73. The summed E-state index contributed by atoms with van der Waals surface area (Å²) in [6.07, 6.45) is 2.03. The Morgan fingerprint density at radius 3 is 2.60 bits per heavy atom. The number of rotatable bonds is 1. The van der Waals surface area contributed by atoms with Gasteiger partial charge in [-0.15, -0.1) is 6.58 Å². The molecule has 0 fully saturated rings. The standard InChI is InChI=1S/C4H5N/c1-2-3-4-5/h2H,1,3H2/i4+2. The van der Waals surface area contributed by atoms with Crippen LogP contribution in [0.5, 0.6) is 0 Å². The smallest absolute Gasteiger partial charge is 0.0663 e. The Balaban J connectivity index is 2.75. The van der Waals surface area contributed by atoms with Gasteiger partial charge >= 0.3 is 0 Å². The molecule has 0 aliphatic heterocycles. The van der Waals surface area contributed by atoms with Gasteiger partial charge in [-0.2, -0.15) is 5.26 Å². The lowest BCUT2D eigenvalue weighted by Crippen LogP contribution is -1.45. The molecular formula is C4H5N. The van der Waals surface area contributed by atoms with Crippen LogP contribution in [0.15, 0.2) is 12.7 Å². The van der Waals surface area contributed by atoms with Crippen LogP contribution >= 0.6 is 0 Å². The zero-order chi connectivity index (χ0) is 4.12. The fourth-order valence-electron chi connectivity index (χ4n) is 0.0645. The molecule has 26 valence electrons. The maximum absolute atomic E-state index is 7.74. The van der Waals surface area contributed by atoms with Gasteiger partial charge in [0.05, 0.1) is 12.5 Å². The monoisotopic (exact) mass is 69.0 g/mol. The van der Waals surface area contributed by atoms with Crippen molar-refractivity contribution in [2.75, 3.05) is 0 Å². The van der Waals surface area contributed by atoms with Crippen molar-refractivity contribution in [2.45, 2.75) is 6.42 Å². The van der Waals surface area contributed by atoms with Crippen molar-refractivity contribution in [3.63, 3.8) is 0 Å². The molecule has 0 aliphatic carbocycles. The third kappa shape index (κ3) is 3.23. The molecule has 0 bridgehead atoms.